The summed E-state index contributed by atoms with van der Waals surface area (Å²) in [5, 5.41) is 13.5. The van der Waals surface area contributed by atoms with E-state index >= 15 is 0 Å². The molecule has 2 fully saturated rings. The van der Waals surface area contributed by atoms with Gasteiger partial charge in [-0.25, -0.2) is 9.78 Å². The molecule has 2 aliphatic heterocycles. The van der Waals surface area contributed by atoms with Gasteiger partial charge in [-0.05, 0) is 101 Å². The minimum Gasteiger partial charge on any atom is -0.503 e. The first-order chi connectivity index (χ1) is 28.3. The molecule has 2 saturated heterocycles. The first-order valence-electron chi connectivity index (χ1n) is 21.4. The molecule has 0 saturated carbocycles. The summed E-state index contributed by atoms with van der Waals surface area (Å²) in [4.78, 5) is 44.6. The predicted octanol–water partition coefficient (Wildman–Crippen LogP) is 7.51. The number of methoxy groups -OCH3 is 1. The number of nitrogens with two attached hydrogens (primary N) is 1. The van der Waals surface area contributed by atoms with Crippen LogP contribution in [0.5, 0.6) is 17.2 Å². The second-order valence-corrected chi connectivity index (χ2v) is 17.0. The van der Waals surface area contributed by atoms with E-state index in [9.17, 15) is 19.5 Å². The maximum Gasteiger partial charge on any atom is 0.328 e. The second-order valence-electron chi connectivity index (χ2n) is 17.0. The average molecular weight is 816 g/mol. The minimum atomic E-state index is -1.00. The molecule has 2 aromatic carbocycles. The zero-order valence-electron chi connectivity index (χ0n) is 35.6. The molecule has 3 aromatic rings. The van der Waals surface area contributed by atoms with Crippen LogP contribution in [0.2, 0.25) is 0 Å². The van der Waals surface area contributed by atoms with E-state index in [0.717, 1.165) is 42.6 Å². The Labute approximate surface area is 349 Å². The summed E-state index contributed by atoms with van der Waals surface area (Å²) in [6.45, 7) is 10.9. The summed E-state index contributed by atoms with van der Waals surface area (Å²) in [5.74, 6) is -1.06. The van der Waals surface area contributed by atoms with E-state index in [0.29, 0.717) is 51.0 Å². The van der Waals surface area contributed by atoms with Crippen LogP contribution >= 0.6 is 0 Å². The van der Waals surface area contributed by atoms with Crippen LogP contribution in [0.1, 0.15) is 107 Å². The lowest BCUT2D eigenvalue weighted by Crippen LogP contribution is -2.45. The molecule has 12 heteroatoms. The number of amides is 1. The van der Waals surface area contributed by atoms with E-state index in [-0.39, 0.29) is 53.5 Å². The van der Waals surface area contributed by atoms with Crippen molar-refractivity contribution in [2.24, 2.45) is 29.4 Å². The Morgan fingerprint density at radius 2 is 1.64 bits per heavy atom. The van der Waals surface area contributed by atoms with Gasteiger partial charge in [-0.2, -0.15) is 0 Å². The largest absolute Gasteiger partial charge is 0.503 e. The number of aromatic nitrogens is 1. The van der Waals surface area contributed by atoms with Gasteiger partial charge in [0.25, 0.3) is 5.91 Å². The first kappa shape index (κ1) is 45.4. The number of pyridine rings is 1. The third-order valence-corrected chi connectivity index (χ3v) is 11.7. The van der Waals surface area contributed by atoms with Crippen molar-refractivity contribution >= 4 is 17.8 Å². The number of nitrogens with one attached hydrogen (secondary N) is 1. The number of benzene rings is 2. The number of ether oxygens (including phenoxy) is 5. The van der Waals surface area contributed by atoms with Gasteiger partial charge in [-0.3, -0.25) is 9.59 Å². The quantitative estimate of drug-likeness (QED) is 0.130. The van der Waals surface area contributed by atoms with Crippen molar-refractivity contribution in [3.8, 4) is 17.2 Å². The van der Waals surface area contributed by atoms with Gasteiger partial charge in [0.15, 0.2) is 17.2 Å². The standard InChI is InChI=1S/C47H65N3O9/c1-29(2)18-23-35-32(5)57-46(53)37(48)14-10-16-39(35)56-28-31(4)26-42-36(27-33-12-8-7-9-13-33)40(58-34-21-19-30(3)20-22-34)17-11-15-38(47(54)59-42)50-45(52)43-44(51)41(55-6)24-25-49-43/h7-9,12-13,19-22,24-25,29,31-32,35-40,42,51H,10-11,14-18,23,26-28,48H2,1-6H3,(H,50,52). The van der Waals surface area contributed by atoms with Gasteiger partial charge in [-0.1, -0.05) is 75.2 Å². The zero-order chi connectivity index (χ0) is 42.5. The molecule has 1 amide bonds. The maximum absolute atomic E-state index is 14.3. The molecule has 0 radical (unpaired) electrons. The number of nitrogens with zero attached hydrogens (tertiary/aromatic N) is 1. The number of aryl methyl sites for hydroxylation is 1. The van der Waals surface area contributed by atoms with Crippen LogP contribution < -0.4 is 20.5 Å². The number of carbonyl (C=O) groups is 3. The Balaban J connectivity index is 1.43. The number of hydrogen-bond acceptors (Lipinski definition) is 11. The lowest BCUT2D eigenvalue weighted by atomic mass is 9.83. The molecular formula is C47H65N3O9. The van der Waals surface area contributed by atoms with Gasteiger partial charge in [0, 0.05) is 30.7 Å². The highest BCUT2D eigenvalue weighted by molar-refractivity contribution is 5.98. The van der Waals surface area contributed by atoms with Gasteiger partial charge < -0.3 is 39.8 Å². The number of cyclic esters (lactones) is 2. The van der Waals surface area contributed by atoms with Crippen molar-refractivity contribution < 1.29 is 43.2 Å². The van der Waals surface area contributed by atoms with E-state index in [1.54, 1.807) is 0 Å². The Morgan fingerprint density at radius 3 is 2.36 bits per heavy atom. The Bertz CT molecular complexity index is 1790. The first-order valence-corrected chi connectivity index (χ1v) is 21.4. The summed E-state index contributed by atoms with van der Waals surface area (Å²) in [7, 11) is 1.39. The molecule has 3 heterocycles. The van der Waals surface area contributed by atoms with Crippen LogP contribution in [0.25, 0.3) is 0 Å². The summed E-state index contributed by atoms with van der Waals surface area (Å²) in [6.07, 6.45) is 6.26. The highest BCUT2D eigenvalue weighted by Gasteiger charge is 2.40. The normalized spacial score (nSPS) is 26.1. The minimum absolute atomic E-state index is 0.00239. The number of esters is 2. The molecule has 59 heavy (non-hydrogen) atoms. The fraction of sp³-hybridized carbons (Fsp3) is 0.574. The lowest BCUT2D eigenvalue weighted by Gasteiger charge is -2.36. The highest BCUT2D eigenvalue weighted by Crippen LogP contribution is 2.34. The molecule has 0 bridgehead atoms. The number of aromatic hydroxyl groups is 1. The van der Waals surface area contributed by atoms with Crippen molar-refractivity contribution in [3.63, 3.8) is 0 Å². The van der Waals surface area contributed by atoms with Crippen molar-refractivity contribution in [2.45, 2.75) is 135 Å². The van der Waals surface area contributed by atoms with Crippen LogP contribution in [0.3, 0.4) is 0 Å². The molecule has 1 aromatic heterocycles. The van der Waals surface area contributed by atoms with E-state index in [4.69, 9.17) is 29.4 Å². The molecule has 12 nitrogen and oxygen atoms in total. The smallest absolute Gasteiger partial charge is 0.328 e. The lowest BCUT2D eigenvalue weighted by molar-refractivity contribution is -0.159. The van der Waals surface area contributed by atoms with Crippen molar-refractivity contribution in [2.75, 3.05) is 13.7 Å². The monoisotopic (exact) mass is 815 g/mol. The number of hydrogen-bond donors (Lipinski definition) is 3. The van der Waals surface area contributed by atoms with Crippen molar-refractivity contribution in [3.05, 3.63) is 83.7 Å². The molecule has 9 atom stereocenters. The molecule has 0 spiro atoms. The topological polar surface area (TPSA) is 169 Å². The molecule has 0 aliphatic carbocycles. The highest BCUT2D eigenvalue weighted by atomic mass is 16.6. The zero-order valence-corrected chi connectivity index (χ0v) is 35.6. The van der Waals surface area contributed by atoms with Crippen LogP contribution in [-0.2, 0) is 30.2 Å². The maximum atomic E-state index is 14.3. The molecule has 4 N–H and O–H groups in total. The van der Waals surface area contributed by atoms with Crippen LogP contribution in [0, 0.1) is 30.6 Å². The van der Waals surface area contributed by atoms with Crippen molar-refractivity contribution in [1.82, 2.24) is 10.3 Å². The van der Waals surface area contributed by atoms with Gasteiger partial charge in [0.2, 0.25) is 0 Å². The summed E-state index contributed by atoms with van der Waals surface area (Å²) >= 11 is 0. The summed E-state index contributed by atoms with van der Waals surface area (Å²) in [6, 6.07) is 17.9. The molecule has 322 valence electrons. The number of rotatable bonds is 15. The Hall–Kier alpha value is -4.68. The predicted molar refractivity (Wildman–Crippen MR) is 225 cm³/mol. The fourth-order valence-electron chi connectivity index (χ4n) is 8.29. The third-order valence-electron chi connectivity index (χ3n) is 11.7. The Morgan fingerprint density at radius 1 is 0.932 bits per heavy atom. The van der Waals surface area contributed by atoms with Crippen LogP contribution in [0.4, 0.5) is 0 Å². The van der Waals surface area contributed by atoms with Gasteiger partial charge in [0.1, 0.15) is 36.1 Å². The molecule has 2 aliphatic rings. The van der Waals surface area contributed by atoms with E-state index in [1.807, 2.05) is 56.3 Å². The number of carbonyl (C=O) groups excluding carboxylic acids is 3. The van der Waals surface area contributed by atoms with Crippen LogP contribution in [0.15, 0.2) is 66.9 Å². The van der Waals surface area contributed by atoms with E-state index < -0.39 is 35.8 Å². The van der Waals surface area contributed by atoms with Gasteiger partial charge >= 0.3 is 11.9 Å². The average Bonchev–Trinajstić information content (AvgIpc) is 3.29. The SMILES string of the molecule is COc1ccnc(C(=O)NC2CCCC(Oc3ccc(C)cc3)C(Cc3ccccc3)C(CC(C)COC3CCCC(N)C(=O)OC(C)C3CCC(C)C)OC2=O)c1O. The Kier molecular flexibility index (Phi) is 17.0. The summed E-state index contributed by atoms with van der Waals surface area (Å²) < 4.78 is 31.2. The molecular weight excluding hydrogens is 751 g/mol. The molecule has 9 unspecified atom stereocenters. The van der Waals surface area contributed by atoms with Crippen LogP contribution in [-0.4, -0.2) is 78.2 Å². The van der Waals surface area contributed by atoms with E-state index in [1.165, 1.54) is 19.4 Å². The molecule has 5 rings (SSSR count). The van der Waals surface area contributed by atoms with Gasteiger partial charge in [-0.15, -0.1) is 0 Å². The van der Waals surface area contributed by atoms with Crippen molar-refractivity contribution in [1.29, 1.82) is 0 Å². The van der Waals surface area contributed by atoms with E-state index in [2.05, 4.69) is 43.2 Å². The third kappa shape index (κ3) is 13.2. The van der Waals surface area contributed by atoms with Gasteiger partial charge in [0.05, 0.1) is 13.2 Å². The second kappa shape index (κ2) is 22.1. The fourth-order valence-corrected chi connectivity index (χ4v) is 8.29. The summed E-state index contributed by atoms with van der Waals surface area (Å²) in [5.41, 5.74) is 8.13.